The van der Waals surface area contributed by atoms with Gasteiger partial charge in [-0.1, -0.05) is 0 Å². The molecule has 4 heterocycles. The second kappa shape index (κ2) is 6.94. The number of nitrogens with zero attached hydrogens (tertiary/aromatic N) is 5. The second-order valence-corrected chi connectivity index (χ2v) is 10.0. The number of thiazole rings is 1. The highest BCUT2D eigenvalue weighted by molar-refractivity contribution is 7.89. The molecule has 1 atom stereocenters. The molecule has 0 radical (unpaired) electrons. The Hall–Kier alpha value is -2.30. The number of hydrogen-bond donors (Lipinski definition) is 0. The molecule has 0 N–H and O–H groups in total. The summed E-state index contributed by atoms with van der Waals surface area (Å²) in [6.45, 7) is 3.06. The highest BCUT2D eigenvalue weighted by Gasteiger charge is 2.27. The Bertz CT molecular complexity index is 1190. The van der Waals surface area contributed by atoms with Crippen LogP contribution < -0.4 is 10.3 Å². The van der Waals surface area contributed by atoms with Crippen molar-refractivity contribution in [3.8, 4) is 5.13 Å². The van der Waals surface area contributed by atoms with Crippen molar-refractivity contribution in [2.75, 3.05) is 25.5 Å². The van der Waals surface area contributed by atoms with Crippen molar-refractivity contribution in [1.82, 2.24) is 18.8 Å². The fourth-order valence-electron chi connectivity index (χ4n) is 3.46. The van der Waals surface area contributed by atoms with Gasteiger partial charge < -0.3 is 4.90 Å². The number of aromatic nitrogens is 3. The molecule has 1 saturated heterocycles. The molecule has 3 aromatic heterocycles. The van der Waals surface area contributed by atoms with E-state index in [1.54, 1.807) is 28.3 Å². The van der Waals surface area contributed by atoms with Crippen LogP contribution in [0.25, 0.3) is 16.2 Å². The molecule has 28 heavy (non-hydrogen) atoms. The normalized spacial score (nSPS) is 17.7. The Morgan fingerprint density at radius 1 is 1.29 bits per heavy atom. The van der Waals surface area contributed by atoms with Crippen LogP contribution in [0.4, 0.5) is 5.82 Å². The summed E-state index contributed by atoms with van der Waals surface area (Å²) in [4.78, 5) is 24.0. The number of anilines is 1. The van der Waals surface area contributed by atoms with Gasteiger partial charge in [-0.15, -0.1) is 11.3 Å². The summed E-state index contributed by atoms with van der Waals surface area (Å²) in [6, 6.07) is 3.84. The molecule has 1 aliphatic heterocycles. The van der Waals surface area contributed by atoms with Crippen molar-refractivity contribution in [2.45, 2.75) is 30.7 Å². The summed E-state index contributed by atoms with van der Waals surface area (Å²) in [5.74, 6) is 0.783. The number of hydrogen-bond acceptors (Lipinski definition) is 7. The van der Waals surface area contributed by atoms with Gasteiger partial charge in [0.1, 0.15) is 10.7 Å². The third-order valence-corrected chi connectivity index (χ3v) is 7.61. The number of sulfonamides is 1. The van der Waals surface area contributed by atoms with E-state index in [1.165, 1.54) is 31.6 Å². The average molecular weight is 420 g/mol. The summed E-state index contributed by atoms with van der Waals surface area (Å²) in [5, 5.41) is 2.61. The molecule has 0 bridgehead atoms. The summed E-state index contributed by atoms with van der Waals surface area (Å²) in [7, 11) is -1.10. The van der Waals surface area contributed by atoms with Gasteiger partial charge in [0.25, 0.3) is 0 Å². The van der Waals surface area contributed by atoms with Gasteiger partial charge in [-0.25, -0.2) is 22.7 Å². The first-order chi connectivity index (χ1) is 13.3. The van der Waals surface area contributed by atoms with E-state index in [0.29, 0.717) is 16.8 Å². The molecule has 8 nitrogen and oxygen atoms in total. The van der Waals surface area contributed by atoms with Crippen LogP contribution in [0, 0.1) is 0 Å². The Morgan fingerprint density at radius 3 is 2.68 bits per heavy atom. The van der Waals surface area contributed by atoms with Gasteiger partial charge in [0.05, 0.1) is 5.39 Å². The molecule has 0 amide bonds. The van der Waals surface area contributed by atoms with E-state index in [4.69, 9.17) is 4.98 Å². The molecule has 4 rings (SSSR count). The molecule has 1 aliphatic rings. The van der Waals surface area contributed by atoms with Gasteiger partial charge in [-0.05, 0) is 31.9 Å². The van der Waals surface area contributed by atoms with Crippen LogP contribution in [-0.4, -0.2) is 53.9 Å². The number of pyridine rings is 2. The average Bonchev–Trinajstić information content (AvgIpc) is 3.33. The van der Waals surface area contributed by atoms with Gasteiger partial charge in [-0.2, -0.15) is 0 Å². The molecule has 1 unspecified atom stereocenters. The fourth-order valence-corrected chi connectivity index (χ4v) is 5.06. The smallest absolute Gasteiger partial charge is 0.247 e. The summed E-state index contributed by atoms with van der Waals surface area (Å²) >= 11 is 1.35. The van der Waals surface area contributed by atoms with E-state index in [2.05, 4.69) is 16.8 Å². The van der Waals surface area contributed by atoms with Gasteiger partial charge in [0.2, 0.25) is 15.5 Å². The largest absolute Gasteiger partial charge is 0.354 e. The quantitative estimate of drug-likeness (QED) is 0.643. The summed E-state index contributed by atoms with van der Waals surface area (Å²) in [5.41, 5.74) is -0.140. The minimum absolute atomic E-state index is 0.258. The van der Waals surface area contributed by atoms with Crippen LogP contribution in [0.5, 0.6) is 0 Å². The lowest BCUT2D eigenvalue weighted by Gasteiger charge is -2.23. The third kappa shape index (κ3) is 3.01. The first kappa shape index (κ1) is 19.0. The van der Waals surface area contributed by atoms with Crippen LogP contribution in [0.3, 0.4) is 0 Å². The van der Waals surface area contributed by atoms with Crippen molar-refractivity contribution < 1.29 is 8.42 Å². The molecule has 1 fully saturated rings. The van der Waals surface area contributed by atoms with Crippen LogP contribution in [0.2, 0.25) is 0 Å². The minimum Gasteiger partial charge on any atom is -0.354 e. The zero-order valence-electron chi connectivity index (χ0n) is 15.9. The molecule has 0 aromatic carbocycles. The van der Waals surface area contributed by atoms with Gasteiger partial charge in [0.15, 0.2) is 10.8 Å². The molecular formula is C18H21N5O3S2. The van der Waals surface area contributed by atoms with E-state index in [0.717, 1.165) is 29.5 Å². The van der Waals surface area contributed by atoms with Gasteiger partial charge >= 0.3 is 0 Å². The van der Waals surface area contributed by atoms with E-state index >= 15 is 0 Å². The minimum atomic E-state index is -3.91. The van der Waals surface area contributed by atoms with E-state index in [9.17, 15) is 13.2 Å². The maximum Gasteiger partial charge on any atom is 0.247 e. The van der Waals surface area contributed by atoms with E-state index < -0.39 is 15.5 Å². The molecular weight excluding hydrogens is 398 g/mol. The molecule has 148 valence electrons. The first-order valence-electron chi connectivity index (χ1n) is 8.96. The Kier molecular flexibility index (Phi) is 4.72. The van der Waals surface area contributed by atoms with Crippen molar-refractivity contribution in [2.24, 2.45) is 0 Å². The zero-order chi connectivity index (χ0) is 20.1. The fraction of sp³-hybridized carbons (Fsp3) is 0.389. The van der Waals surface area contributed by atoms with Crippen molar-refractivity contribution in [3.05, 3.63) is 40.1 Å². The summed E-state index contributed by atoms with van der Waals surface area (Å²) < 4.78 is 28.0. The van der Waals surface area contributed by atoms with Crippen LogP contribution in [0.15, 0.2) is 39.6 Å². The van der Waals surface area contributed by atoms with E-state index in [1.807, 2.05) is 0 Å². The first-order valence-corrected chi connectivity index (χ1v) is 11.3. The maximum absolute atomic E-state index is 13.0. The van der Waals surface area contributed by atoms with Crippen molar-refractivity contribution >= 4 is 38.2 Å². The molecule has 3 aromatic rings. The Balaban J connectivity index is 2.03. The second-order valence-electron chi connectivity index (χ2n) is 7.02. The van der Waals surface area contributed by atoms with Crippen molar-refractivity contribution in [3.63, 3.8) is 0 Å². The van der Waals surface area contributed by atoms with Gasteiger partial charge in [0, 0.05) is 44.5 Å². The van der Waals surface area contributed by atoms with Crippen LogP contribution >= 0.6 is 11.3 Å². The molecule has 0 spiro atoms. The highest BCUT2D eigenvalue weighted by Crippen LogP contribution is 2.27. The predicted octanol–water partition coefficient (Wildman–Crippen LogP) is 2.08. The zero-order valence-corrected chi connectivity index (χ0v) is 17.5. The Morgan fingerprint density at radius 2 is 2.07 bits per heavy atom. The lowest BCUT2D eigenvalue weighted by atomic mass is 10.2. The van der Waals surface area contributed by atoms with Crippen molar-refractivity contribution in [1.29, 1.82) is 0 Å². The maximum atomic E-state index is 13.0. The number of fused-ring (bicyclic) bond motifs is 1. The lowest BCUT2D eigenvalue weighted by molar-refractivity contribution is 0.519. The molecule has 0 saturated carbocycles. The topological polar surface area (TPSA) is 88.4 Å². The lowest BCUT2D eigenvalue weighted by Crippen LogP contribution is -2.30. The van der Waals surface area contributed by atoms with Crippen LogP contribution in [0.1, 0.15) is 19.8 Å². The molecule has 10 heteroatoms. The third-order valence-electron chi connectivity index (χ3n) is 5.03. The van der Waals surface area contributed by atoms with Gasteiger partial charge in [-0.3, -0.25) is 9.36 Å². The number of rotatable bonds is 4. The monoisotopic (exact) mass is 419 g/mol. The van der Waals surface area contributed by atoms with Crippen LogP contribution in [-0.2, 0) is 10.0 Å². The van der Waals surface area contributed by atoms with E-state index in [-0.39, 0.29) is 10.3 Å². The SMILES string of the molecule is CC1CCCN1c1ccc2c(=O)c(S(=O)(=O)N(C)C)cn(-c3nccs3)c2n1. The molecule has 0 aliphatic carbocycles. The predicted molar refractivity (Wildman–Crippen MR) is 110 cm³/mol. The Labute approximate surface area is 167 Å². The highest BCUT2D eigenvalue weighted by atomic mass is 32.2. The standard InChI is InChI=1S/C18H21N5O3S2/c1-12-5-4-9-22(12)15-7-6-13-16(24)14(28(25,26)21(2)3)11-23(17(13)20-15)18-19-8-10-27-18/h6-8,10-12H,4-5,9H2,1-3H3. The summed E-state index contributed by atoms with van der Waals surface area (Å²) in [6.07, 6.45) is 5.17.